The Hall–Kier alpha value is -2.97. The normalized spacial score (nSPS) is 16.0. The lowest BCUT2D eigenvalue weighted by atomic mass is 9.93. The number of carboxylic acids is 1. The number of carboxylic acid groups (broad SMARTS) is 1. The molecule has 2 aromatic rings. The Kier molecular flexibility index (Phi) is 5.35. The molecule has 0 spiro atoms. The molecule has 6 nitrogen and oxygen atoms in total. The lowest BCUT2D eigenvalue weighted by Gasteiger charge is -2.28. The molecule has 1 aliphatic carbocycles. The van der Waals surface area contributed by atoms with Crippen molar-refractivity contribution in [2.45, 2.75) is 44.0 Å². The second kappa shape index (κ2) is 7.57. The van der Waals surface area contributed by atoms with Gasteiger partial charge in [-0.1, -0.05) is 25.0 Å². The molecule has 28 heavy (non-hydrogen) atoms. The van der Waals surface area contributed by atoms with Crippen LogP contribution in [0.5, 0.6) is 5.75 Å². The first-order chi connectivity index (χ1) is 13.2. The van der Waals surface area contributed by atoms with Gasteiger partial charge in [-0.3, -0.25) is 9.59 Å². The molecule has 1 heterocycles. The summed E-state index contributed by atoms with van der Waals surface area (Å²) in [6.45, 7) is 0. The Morgan fingerprint density at radius 1 is 1.14 bits per heavy atom. The molecule has 0 atom stereocenters. The minimum atomic E-state index is -4.87. The van der Waals surface area contributed by atoms with Crippen LogP contribution in [0.15, 0.2) is 40.8 Å². The summed E-state index contributed by atoms with van der Waals surface area (Å²) in [5.74, 6) is -2.16. The Labute approximate surface area is 158 Å². The monoisotopic (exact) mass is 397 g/mol. The van der Waals surface area contributed by atoms with E-state index in [9.17, 15) is 22.8 Å². The summed E-state index contributed by atoms with van der Waals surface area (Å²) in [6, 6.07) is 8.12. The molecule has 1 fully saturated rings. The average Bonchev–Trinajstić information content (AvgIpc) is 3.23. The van der Waals surface area contributed by atoms with E-state index in [2.05, 4.69) is 10.1 Å². The number of carbonyl (C=O) groups excluding carboxylic acids is 1. The molecule has 3 rings (SSSR count). The maximum atomic E-state index is 12.6. The van der Waals surface area contributed by atoms with E-state index in [1.807, 2.05) is 0 Å². The fraction of sp³-hybridized carbons (Fsp3) is 0.368. The second-order valence-electron chi connectivity index (χ2n) is 6.72. The van der Waals surface area contributed by atoms with Crippen molar-refractivity contribution in [3.63, 3.8) is 0 Å². The molecule has 150 valence electrons. The number of alkyl halides is 3. The molecule has 1 aromatic heterocycles. The summed E-state index contributed by atoms with van der Waals surface area (Å²) in [7, 11) is 0. The van der Waals surface area contributed by atoms with E-state index in [-0.39, 0.29) is 23.5 Å². The number of para-hydroxylation sites is 1. The molecule has 1 aromatic carbocycles. The van der Waals surface area contributed by atoms with E-state index in [0.29, 0.717) is 12.8 Å². The molecule has 0 unspecified atom stereocenters. The molecule has 1 aliphatic rings. The van der Waals surface area contributed by atoms with Crippen molar-refractivity contribution in [2.75, 3.05) is 0 Å². The molecule has 0 aliphatic heterocycles. The van der Waals surface area contributed by atoms with Gasteiger partial charge < -0.3 is 19.6 Å². The molecule has 2 N–H and O–H groups in total. The van der Waals surface area contributed by atoms with E-state index >= 15 is 0 Å². The Balaban J connectivity index is 1.81. The summed E-state index contributed by atoms with van der Waals surface area (Å²) in [6.07, 6.45) is -2.37. The van der Waals surface area contributed by atoms with Crippen LogP contribution in [0, 0.1) is 0 Å². The smallest absolute Gasteiger partial charge is 0.481 e. The van der Waals surface area contributed by atoms with Crippen molar-refractivity contribution in [3.8, 4) is 17.1 Å². The lowest BCUT2D eigenvalue weighted by Crippen LogP contribution is -2.47. The number of carbonyl (C=O) groups is 2. The fourth-order valence-corrected chi connectivity index (χ4v) is 3.48. The van der Waals surface area contributed by atoms with E-state index in [0.717, 1.165) is 18.9 Å². The first-order valence-electron chi connectivity index (χ1n) is 8.67. The quantitative estimate of drug-likeness (QED) is 0.756. The van der Waals surface area contributed by atoms with Gasteiger partial charge in [0.2, 0.25) is 0 Å². The highest BCUT2D eigenvalue weighted by Gasteiger charge is 2.38. The zero-order valence-corrected chi connectivity index (χ0v) is 14.7. The van der Waals surface area contributed by atoms with Gasteiger partial charge in [0.05, 0.1) is 17.5 Å². The Morgan fingerprint density at radius 3 is 2.46 bits per heavy atom. The fourth-order valence-electron chi connectivity index (χ4n) is 3.48. The first-order valence-corrected chi connectivity index (χ1v) is 8.67. The number of ether oxygens (including phenoxy) is 1. The zero-order valence-electron chi connectivity index (χ0n) is 14.7. The minimum absolute atomic E-state index is 0.0312. The number of nitrogens with one attached hydrogen (secondary N) is 1. The molecule has 0 saturated heterocycles. The predicted molar refractivity (Wildman–Crippen MR) is 91.7 cm³/mol. The van der Waals surface area contributed by atoms with Crippen LogP contribution in [0.4, 0.5) is 13.2 Å². The highest BCUT2D eigenvalue weighted by Crippen LogP contribution is 2.36. The maximum absolute atomic E-state index is 12.6. The summed E-state index contributed by atoms with van der Waals surface area (Å²) >= 11 is 0. The van der Waals surface area contributed by atoms with Gasteiger partial charge in [-0.2, -0.15) is 0 Å². The van der Waals surface area contributed by atoms with Crippen LogP contribution < -0.4 is 10.1 Å². The van der Waals surface area contributed by atoms with Crippen molar-refractivity contribution in [1.29, 1.82) is 0 Å². The molecule has 1 saturated carbocycles. The number of rotatable bonds is 6. The Morgan fingerprint density at radius 2 is 1.82 bits per heavy atom. The number of halogens is 3. The summed E-state index contributed by atoms with van der Waals surface area (Å²) in [5, 5.41) is 11.9. The van der Waals surface area contributed by atoms with Crippen molar-refractivity contribution < 1.29 is 37.0 Å². The molecular formula is C19H18F3NO5. The molecule has 0 bridgehead atoms. The SMILES string of the molecule is O=C(O)CC1(NC(=O)c2ccc(-c3ccccc3OC(F)(F)F)o2)CCCC1. The van der Waals surface area contributed by atoms with Gasteiger partial charge in [-0.05, 0) is 37.1 Å². The van der Waals surface area contributed by atoms with Gasteiger partial charge in [0.15, 0.2) is 5.76 Å². The summed E-state index contributed by atoms with van der Waals surface area (Å²) in [5.41, 5.74) is -0.798. The highest BCUT2D eigenvalue weighted by molar-refractivity contribution is 5.93. The van der Waals surface area contributed by atoms with E-state index in [1.165, 1.54) is 30.3 Å². The van der Waals surface area contributed by atoms with Gasteiger partial charge in [0.1, 0.15) is 11.5 Å². The van der Waals surface area contributed by atoms with Crippen molar-refractivity contribution in [2.24, 2.45) is 0 Å². The zero-order chi connectivity index (χ0) is 20.4. The van der Waals surface area contributed by atoms with Crippen LogP contribution in [0.25, 0.3) is 11.3 Å². The summed E-state index contributed by atoms with van der Waals surface area (Å²) < 4.78 is 47.2. The minimum Gasteiger partial charge on any atom is -0.481 e. The number of furan rings is 1. The predicted octanol–water partition coefficient (Wildman–Crippen LogP) is 4.36. The van der Waals surface area contributed by atoms with E-state index in [1.54, 1.807) is 0 Å². The standard InChI is InChI=1S/C19H18F3NO5/c20-19(21,22)28-14-6-2-1-5-12(14)13-7-8-15(27-13)17(26)23-18(11-16(24)25)9-3-4-10-18/h1-2,5-8H,3-4,9-11H2,(H,23,26)(H,24,25). The van der Waals surface area contributed by atoms with Gasteiger partial charge in [-0.25, -0.2) is 0 Å². The average molecular weight is 397 g/mol. The third-order valence-electron chi connectivity index (χ3n) is 4.64. The van der Waals surface area contributed by atoms with Gasteiger partial charge in [0, 0.05) is 0 Å². The van der Waals surface area contributed by atoms with Gasteiger partial charge in [0.25, 0.3) is 5.91 Å². The first kappa shape index (κ1) is 19.8. The maximum Gasteiger partial charge on any atom is 0.573 e. The van der Waals surface area contributed by atoms with Crippen LogP contribution in [0.1, 0.15) is 42.7 Å². The van der Waals surface area contributed by atoms with Gasteiger partial charge in [-0.15, -0.1) is 13.2 Å². The molecule has 0 radical (unpaired) electrons. The van der Waals surface area contributed by atoms with Crippen LogP contribution in [0.2, 0.25) is 0 Å². The van der Waals surface area contributed by atoms with Crippen LogP contribution in [0.3, 0.4) is 0 Å². The molecule has 1 amide bonds. The molecular weight excluding hydrogens is 379 g/mol. The van der Waals surface area contributed by atoms with Crippen molar-refractivity contribution >= 4 is 11.9 Å². The topological polar surface area (TPSA) is 88.8 Å². The number of aliphatic carboxylic acids is 1. The van der Waals surface area contributed by atoms with Gasteiger partial charge >= 0.3 is 12.3 Å². The van der Waals surface area contributed by atoms with Crippen molar-refractivity contribution in [1.82, 2.24) is 5.32 Å². The third-order valence-corrected chi connectivity index (χ3v) is 4.64. The Bertz CT molecular complexity index is 868. The van der Waals surface area contributed by atoms with Crippen LogP contribution in [-0.4, -0.2) is 28.9 Å². The number of amides is 1. The summed E-state index contributed by atoms with van der Waals surface area (Å²) in [4.78, 5) is 23.7. The molecule has 9 heteroatoms. The number of hydrogen-bond donors (Lipinski definition) is 2. The number of hydrogen-bond acceptors (Lipinski definition) is 4. The lowest BCUT2D eigenvalue weighted by molar-refractivity contribution is -0.274. The second-order valence-corrected chi connectivity index (χ2v) is 6.72. The van der Waals surface area contributed by atoms with E-state index in [4.69, 9.17) is 9.52 Å². The number of benzene rings is 1. The largest absolute Gasteiger partial charge is 0.573 e. The highest BCUT2D eigenvalue weighted by atomic mass is 19.4. The van der Waals surface area contributed by atoms with Crippen LogP contribution >= 0.6 is 0 Å². The van der Waals surface area contributed by atoms with E-state index < -0.39 is 29.5 Å². The van der Waals surface area contributed by atoms with Crippen molar-refractivity contribution in [3.05, 3.63) is 42.2 Å². The third kappa shape index (κ3) is 4.65. The van der Waals surface area contributed by atoms with Crippen LogP contribution in [-0.2, 0) is 4.79 Å².